The molecule has 1 aliphatic heterocycles. The molecule has 7 nitrogen and oxygen atoms in total. The van der Waals surface area contributed by atoms with Crippen molar-refractivity contribution in [1.82, 2.24) is 4.31 Å². The standard InChI is InChI=1S/C12H12ClN3O4S/c13-11-6-10(16(17)18)3-4-12(11)21(19,20)15-5-1-2-9(7-14)8-15/h3-4,6,9H,1-2,5,8H2. The first-order chi connectivity index (χ1) is 9.86. The summed E-state index contributed by atoms with van der Waals surface area (Å²) in [6.07, 6.45) is 1.26. The van der Waals surface area contributed by atoms with Crippen LogP contribution in [0.4, 0.5) is 5.69 Å². The number of halogens is 1. The summed E-state index contributed by atoms with van der Waals surface area (Å²) in [5.41, 5.74) is -0.271. The van der Waals surface area contributed by atoms with Crippen molar-refractivity contribution in [3.63, 3.8) is 0 Å². The van der Waals surface area contributed by atoms with Crippen molar-refractivity contribution in [2.45, 2.75) is 17.7 Å². The fourth-order valence-electron chi connectivity index (χ4n) is 2.22. The molecule has 0 bridgehead atoms. The summed E-state index contributed by atoms with van der Waals surface area (Å²) in [7, 11) is -3.85. The lowest BCUT2D eigenvalue weighted by molar-refractivity contribution is -0.384. The summed E-state index contributed by atoms with van der Waals surface area (Å²) in [5.74, 6) is -0.342. The van der Waals surface area contributed by atoms with E-state index >= 15 is 0 Å². The first kappa shape index (κ1) is 15.7. The predicted molar refractivity (Wildman–Crippen MR) is 75.2 cm³/mol. The molecule has 0 amide bonds. The molecule has 0 N–H and O–H groups in total. The second-order valence-electron chi connectivity index (χ2n) is 4.70. The lowest BCUT2D eigenvalue weighted by Gasteiger charge is -2.28. The molecular weight excluding hydrogens is 318 g/mol. The van der Waals surface area contributed by atoms with Crippen molar-refractivity contribution in [3.8, 4) is 6.07 Å². The van der Waals surface area contributed by atoms with Crippen LogP contribution in [0.3, 0.4) is 0 Å². The lowest BCUT2D eigenvalue weighted by Crippen LogP contribution is -2.39. The van der Waals surface area contributed by atoms with Crippen LogP contribution in [0, 0.1) is 27.4 Å². The number of rotatable bonds is 3. The zero-order chi connectivity index (χ0) is 15.6. The first-order valence-electron chi connectivity index (χ1n) is 6.20. The molecule has 1 atom stereocenters. The van der Waals surface area contributed by atoms with Gasteiger partial charge in [0.2, 0.25) is 10.0 Å². The maximum Gasteiger partial charge on any atom is 0.271 e. The molecule has 1 aromatic carbocycles. The van der Waals surface area contributed by atoms with Crippen LogP contribution in [0.5, 0.6) is 0 Å². The third-order valence-electron chi connectivity index (χ3n) is 3.31. The van der Waals surface area contributed by atoms with Gasteiger partial charge in [0.15, 0.2) is 0 Å². The SMILES string of the molecule is N#CC1CCCN(S(=O)(=O)c2ccc([N+](=O)[O-])cc2Cl)C1. The summed E-state index contributed by atoms with van der Waals surface area (Å²) in [4.78, 5) is 9.83. The Balaban J connectivity index is 2.36. The first-order valence-corrected chi connectivity index (χ1v) is 8.02. The van der Waals surface area contributed by atoms with E-state index in [4.69, 9.17) is 16.9 Å². The van der Waals surface area contributed by atoms with Crippen molar-refractivity contribution in [1.29, 1.82) is 5.26 Å². The van der Waals surface area contributed by atoms with Crippen LogP contribution in [0.15, 0.2) is 23.1 Å². The van der Waals surface area contributed by atoms with Crippen LogP contribution in [-0.2, 0) is 10.0 Å². The molecule has 112 valence electrons. The Labute approximate surface area is 126 Å². The van der Waals surface area contributed by atoms with Crippen molar-refractivity contribution in [2.24, 2.45) is 5.92 Å². The van der Waals surface area contributed by atoms with E-state index in [0.717, 1.165) is 18.2 Å². The van der Waals surface area contributed by atoms with Crippen molar-refractivity contribution in [2.75, 3.05) is 13.1 Å². The normalized spacial score (nSPS) is 19.9. The van der Waals surface area contributed by atoms with Crippen molar-refractivity contribution >= 4 is 27.3 Å². The van der Waals surface area contributed by atoms with Gasteiger partial charge >= 0.3 is 0 Å². The summed E-state index contributed by atoms with van der Waals surface area (Å²) in [5, 5.41) is 19.4. The number of nitro groups is 1. The molecule has 1 fully saturated rings. The molecule has 21 heavy (non-hydrogen) atoms. The predicted octanol–water partition coefficient (Wildman–Crippen LogP) is 2.17. The number of benzene rings is 1. The highest BCUT2D eigenvalue weighted by Crippen LogP contribution is 2.30. The van der Waals surface area contributed by atoms with Crippen LogP contribution in [-0.4, -0.2) is 30.7 Å². The zero-order valence-corrected chi connectivity index (χ0v) is 12.5. The molecular formula is C12H12ClN3O4S. The Hall–Kier alpha value is -1.69. The Kier molecular flexibility index (Phi) is 4.46. The molecule has 0 aliphatic carbocycles. The fraction of sp³-hybridized carbons (Fsp3) is 0.417. The van der Waals surface area contributed by atoms with Crippen molar-refractivity contribution in [3.05, 3.63) is 33.3 Å². The highest BCUT2D eigenvalue weighted by Gasteiger charge is 2.32. The van der Waals surface area contributed by atoms with E-state index in [2.05, 4.69) is 6.07 Å². The Bertz CT molecular complexity index is 714. The summed E-state index contributed by atoms with van der Waals surface area (Å²) >= 11 is 5.87. The highest BCUT2D eigenvalue weighted by molar-refractivity contribution is 7.89. The molecule has 1 heterocycles. The molecule has 0 saturated carbocycles. The minimum absolute atomic E-state index is 0.117. The summed E-state index contributed by atoms with van der Waals surface area (Å²) in [6.45, 7) is 0.431. The van der Waals surface area contributed by atoms with Gasteiger partial charge in [-0.2, -0.15) is 9.57 Å². The number of sulfonamides is 1. The lowest BCUT2D eigenvalue weighted by atomic mass is 10.0. The highest BCUT2D eigenvalue weighted by atomic mass is 35.5. The smallest absolute Gasteiger partial charge is 0.258 e. The van der Waals surface area contributed by atoms with Gasteiger partial charge in [0.25, 0.3) is 5.69 Å². The molecule has 1 saturated heterocycles. The topological polar surface area (TPSA) is 104 Å². The number of hydrogen-bond acceptors (Lipinski definition) is 5. The van der Waals surface area contributed by atoms with Gasteiger partial charge in [-0.15, -0.1) is 0 Å². The maximum absolute atomic E-state index is 12.5. The molecule has 1 unspecified atom stereocenters. The van der Waals surface area contributed by atoms with Gasteiger partial charge in [0.05, 0.1) is 21.9 Å². The van der Waals surface area contributed by atoms with E-state index in [1.165, 1.54) is 4.31 Å². The Morgan fingerprint density at radius 3 is 2.76 bits per heavy atom. The van der Waals surface area contributed by atoms with Gasteiger partial charge in [-0.1, -0.05) is 11.6 Å². The van der Waals surface area contributed by atoms with Crippen LogP contribution in [0.1, 0.15) is 12.8 Å². The largest absolute Gasteiger partial charge is 0.271 e. The number of hydrogen-bond donors (Lipinski definition) is 0. The molecule has 1 aliphatic rings. The minimum atomic E-state index is -3.85. The number of nitriles is 1. The summed E-state index contributed by atoms with van der Waals surface area (Å²) in [6, 6.07) is 5.31. The van der Waals surface area contributed by atoms with Crippen LogP contribution in [0.2, 0.25) is 5.02 Å². The second-order valence-corrected chi connectivity index (χ2v) is 7.02. The summed E-state index contributed by atoms with van der Waals surface area (Å²) < 4.78 is 26.2. The second kappa shape index (κ2) is 5.97. The van der Waals surface area contributed by atoms with Gasteiger partial charge in [-0.05, 0) is 18.9 Å². The van der Waals surface area contributed by atoms with E-state index in [0.29, 0.717) is 19.4 Å². The van der Waals surface area contributed by atoms with Crippen LogP contribution >= 0.6 is 11.6 Å². The van der Waals surface area contributed by atoms with Crippen LogP contribution < -0.4 is 0 Å². The van der Waals surface area contributed by atoms with E-state index in [1.54, 1.807) is 0 Å². The average molecular weight is 330 g/mol. The molecule has 0 aromatic heterocycles. The Morgan fingerprint density at radius 1 is 1.48 bits per heavy atom. The maximum atomic E-state index is 12.5. The van der Waals surface area contributed by atoms with Gasteiger partial charge in [-0.3, -0.25) is 10.1 Å². The molecule has 2 rings (SSSR count). The average Bonchev–Trinajstić information content (AvgIpc) is 2.46. The van der Waals surface area contributed by atoms with Gasteiger partial charge in [0.1, 0.15) is 4.90 Å². The van der Waals surface area contributed by atoms with E-state index < -0.39 is 14.9 Å². The fourth-order valence-corrected chi connectivity index (χ4v) is 4.25. The van der Waals surface area contributed by atoms with Crippen molar-refractivity contribution < 1.29 is 13.3 Å². The molecule has 0 spiro atoms. The molecule has 1 aromatic rings. The number of non-ortho nitro benzene ring substituents is 1. The molecule has 0 radical (unpaired) electrons. The number of piperidine rings is 1. The van der Waals surface area contributed by atoms with E-state index in [9.17, 15) is 18.5 Å². The van der Waals surface area contributed by atoms with E-state index in [1.807, 2.05) is 0 Å². The van der Waals surface area contributed by atoms with Gasteiger partial charge in [0, 0.05) is 25.2 Å². The third kappa shape index (κ3) is 3.15. The zero-order valence-electron chi connectivity index (χ0n) is 10.9. The monoisotopic (exact) mass is 329 g/mol. The quantitative estimate of drug-likeness (QED) is 0.624. The number of nitrogens with zero attached hydrogens (tertiary/aromatic N) is 3. The van der Waals surface area contributed by atoms with E-state index in [-0.39, 0.29) is 28.1 Å². The Morgan fingerprint density at radius 2 is 2.19 bits per heavy atom. The third-order valence-corrected chi connectivity index (χ3v) is 5.66. The van der Waals surface area contributed by atoms with Crippen LogP contribution in [0.25, 0.3) is 0 Å². The van der Waals surface area contributed by atoms with Gasteiger partial charge < -0.3 is 0 Å². The number of nitro benzene ring substituents is 1. The molecule has 9 heteroatoms. The minimum Gasteiger partial charge on any atom is -0.258 e. The van der Waals surface area contributed by atoms with Gasteiger partial charge in [-0.25, -0.2) is 8.42 Å².